The number of carbonyl (C=O) groups excluding carboxylic acids is 1. The summed E-state index contributed by atoms with van der Waals surface area (Å²) in [6, 6.07) is 8.09. The third-order valence-electron chi connectivity index (χ3n) is 3.73. The molecule has 4 nitrogen and oxygen atoms in total. The van der Waals surface area contributed by atoms with Gasteiger partial charge in [0.1, 0.15) is 5.75 Å². The molecule has 0 fully saturated rings. The maximum Gasteiger partial charge on any atom is 0.237 e. The lowest BCUT2D eigenvalue weighted by Crippen LogP contribution is -2.53. The molecule has 0 aromatic heterocycles. The molecule has 1 rings (SSSR count). The van der Waals surface area contributed by atoms with E-state index in [1.807, 2.05) is 32.0 Å². The largest absolute Gasteiger partial charge is 0.493 e. The summed E-state index contributed by atoms with van der Waals surface area (Å²) in [5, 5.41) is 3.16. The van der Waals surface area contributed by atoms with Gasteiger partial charge in [0.2, 0.25) is 5.91 Å². The maximum atomic E-state index is 11.5. The first-order valence-electron chi connectivity index (χ1n) is 7.67. The topological polar surface area (TPSA) is 64.3 Å². The van der Waals surface area contributed by atoms with Crippen LogP contribution < -0.4 is 15.8 Å². The zero-order valence-corrected chi connectivity index (χ0v) is 13.6. The molecule has 3 N–H and O–H groups in total. The van der Waals surface area contributed by atoms with E-state index in [2.05, 4.69) is 25.2 Å². The number of carbonyl (C=O) groups is 1. The highest BCUT2D eigenvalue weighted by atomic mass is 16.5. The molecule has 0 heterocycles. The Morgan fingerprint density at radius 1 is 1.38 bits per heavy atom. The fourth-order valence-electron chi connectivity index (χ4n) is 2.39. The van der Waals surface area contributed by atoms with E-state index in [-0.39, 0.29) is 5.91 Å². The van der Waals surface area contributed by atoms with Crippen LogP contribution in [0, 0.1) is 0 Å². The normalized spacial score (nSPS) is 14.0. The van der Waals surface area contributed by atoms with E-state index in [1.165, 1.54) is 5.56 Å². The van der Waals surface area contributed by atoms with Crippen LogP contribution in [-0.2, 0) is 4.79 Å². The van der Waals surface area contributed by atoms with Crippen molar-refractivity contribution >= 4 is 5.91 Å². The molecule has 0 saturated carbocycles. The number of likely N-dealkylation sites (N-methyl/N-ethyl adjacent to an activating group) is 1. The molecule has 0 spiro atoms. The fraction of sp³-hybridized carbons (Fsp3) is 0.588. The highest BCUT2D eigenvalue weighted by Crippen LogP contribution is 2.26. The molecule has 0 saturated heterocycles. The minimum absolute atomic E-state index is 0.313. The monoisotopic (exact) mass is 292 g/mol. The van der Waals surface area contributed by atoms with E-state index in [0.29, 0.717) is 18.9 Å². The van der Waals surface area contributed by atoms with Crippen molar-refractivity contribution < 1.29 is 9.53 Å². The van der Waals surface area contributed by atoms with Gasteiger partial charge in [0.15, 0.2) is 0 Å². The summed E-state index contributed by atoms with van der Waals surface area (Å²) in [6.45, 7) is 9.42. The SMILES string of the molecule is CCNC(C)(CCCOc1ccccc1C(C)C)C(N)=O. The number of hydrogen-bond acceptors (Lipinski definition) is 3. The number of ether oxygens (including phenoxy) is 1. The maximum absolute atomic E-state index is 11.5. The summed E-state index contributed by atoms with van der Waals surface area (Å²) < 4.78 is 5.87. The summed E-state index contributed by atoms with van der Waals surface area (Å²) in [4.78, 5) is 11.5. The van der Waals surface area contributed by atoms with Crippen LogP contribution in [0.1, 0.15) is 52.0 Å². The lowest BCUT2D eigenvalue weighted by Gasteiger charge is -2.27. The van der Waals surface area contributed by atoms with Crippen LogP contribution >= 0.6 is 0 Å². The van der Waals surface area contributed by atoms with Gasteiger partial charge in [-0.3, -0.25) is 4.79 Å². The van der Waals surface area contributed by atoms with Gasteiger partial charge in [0.05, 0.1) is 12.1 Å². The van der Waals surface area contributed by atoms with Crippen LogP contribution in [0.25, 0.3) is 0 Å². The number of rotatable bonds is 9. The van der Waals surface area contributed by atoms with Crippen molar-refractivity contribution in [3.63, 3.8) is 0 Å². The smallest absolute Gasteiger partial charge is 0.237 e. The number of nitrogens with two attached hydrogens (primary N) is 1. The van der Waals surface area contributed by atoms with E-state index >= 15 is 0 Å². The Balaban J connectivity index is 2.52. The van der Waals surface area contributed by atoms with Crippen molar-refractivity contribution in [2.45, 2.75) is 52.0 Å². The van der Waals surface area contributed by atoms with Gasteiger partial charge in [0.25, 0.3) is 0 Å². The van der Waals surface area contributed by atoms with Crippen LogP contribution in [0.3, 0.4) is 0 Å². The Bertz CT molecular complexity index is 460. The molecule has 0 aliphatic heterocycles. The number of amides is 1. The zero-order chi connectivity index (χ0) is 15.9. The van der Waals surface area contributed by atoms with Gasteiger partial charge >= 0.3 is 0 Å². The quantitative estimate of drug-likeness (QED) is 0.688. The molecule has 1 aromatic carbocycles. The standard InChI is InChI=1S/C17H28N2O2/c1-5-19-17(4,16(18)20)11-8-12-21-15-10-7-6-9-14(15)13(2)3/h6-7,9-10,13,19H,5,8,11-12H2,1-4H3,(H2,18,20). The lowest BCUT2D eigenvalue weighted by atomic mass is 9.95. The number of para-hydroxylation sites is 1. The van der Waals surface area contributed by atoms with Gasteiger partial charge in [-0.15, -0.1) is 0 Å². The summed E-state index contributed by atoms with van der Waals surface area (Å²) in [6.07, 6.45) is 1.44. The van der Waals surface area contributed by atoms with Crippen molar-refractivity contribution in [1.29, 1.82) is 0 Å². The van der Waals surface area contributed by atoms with Gasteiger partial charge in [-0.1, -0.05) is 39.0 Å². The van der Waals surface area contributed by atoms with Crippen LogP contribution in [0.4, 0.5) is 0 Å². The predicted molar refractivity (Wildman–Crippen MR) is 86.5 cm³/mol. The van der Waals surface area contributed by atoms with E-state index in [0.717, 1.165) is 18.7 Å². The molecule has 1 amide bonds. The van der Waals surface area contributed by atoms with Crippen LogP contribution in [0.5, 0.6) is 5.75 Å². The average Bonchev–Trinajstić information content (AvgIpc) is 2.44. The Morgan fingerprint density at radius 2 is 2.05 bits per heavy atom. The second-order valence-corrected chi connectivity index (χ2v) is 5.87. The third kappa shape index (κ3) is 5.05. The Hall–Kier alpha value is -1.55. The van der Waals surface area contributed by atoms with Gasteiger partial charge < -0.3 is 15.8 Å². The second kappa shape index (κ2) is 8.03. The Kier molecular flexibility index (Phi) is 6.69. The lowest BCUT2D eigenvalue weighted by molar-refractivity contribution is -0.124. The van der Waals surface area contributed by atoms with Crippen molar-refractivity contribution in [2.24, 2.45) is 5.73 Å². The molecule has 0 aliphatic rings. The Morgan fingerprint density at radius 3 is 2.62 bits per heavy atom. The van der Waals surface area contributed by atoms with Crippen LogP contribution in [0.2, 0.25) is 0 Å². The first kappa shape index (κ1) is 17.5. The summed E-state index contributed by atoms with van der Waals surface area (Å²) in [5.41, 5.74) is 6.02. The molecule has 0 bridgehead atoms. The molecule has 1 unspecified atom stereocenters. The molecular weight excluding hydrogens is 264 g/mol. The summed E-state index contributed by atoms with van der Waals surface area (Å²) in [7, 11) is 0. The number of hydrogen-bond donors (Lipinski definition) is 2. The highest BCUT2D eigenvalue weighted by Gasteiger charge is 2.29. The highest BCUT2D eigenvalue weighted by molar-refractivity contribution is 5.84. The number of primary amides is 1. The number of nitrogens with one attached hydrogen (secondary N) is 1. The third-order valence-corrected chi connectivity index (χ3v) is 3.73. The van der Waals surface area contributed by atoms with Crippen molar-refractivity contribution in [2.75, 3.05) is 13.2 Å². The van der Waals surface area contributed by atoms with Gasteiger partial charge in [-0.25, -0.2) is 0 Å². The van der Waals surface area contributed by atoms with E-state index < -0.39 is 5.54 Å². The summed E-state index contributed by atoms with van der Waals surface area (Å²) in [5.74, 6) is 1.04. The summed E-state index contributed by atoms with van der Waals surface area (Å²) >= 11 is 0. The molecule has 0 aliphatic carbocycles. The fourth-order valence-corrected chi connectivity index (χ4v) is 2.39. The minimum atomic E-state index is -0.657. The second-order valence-electron chi connectivity index (χ2n) is 5.87. The Labute approximate surface area is 128 Å². The van der Waals surface area contributed by atoms with E-state index in [9.17, 15) is 4.79 Å². The van der Waals surface area contributed by atoms with Crippen molar-refractivity contribution in [3.8, 4) is 5.75 Å². The molecule has 4 heteroatoms. The van der Waals surface area contributed by atoms with Gasteiger partial charge in [-0.2, -0.15) is 0 Å². The first-order chi connectivity index (χ1) is 9.90. The van der Waals surface area contributed by atoms with Crippen LogP contribution in [-0.4, -0.2) is 24.6 Å². The van der Waals surface area contributed by atoms with Crippen molar-refractivity contribution in [1.82, 2.24) is 5.32 Å². The predicted octanol–water partition coefficient (Wildman–Crippen LogP) is 2.82. The van der Waals surface area contributed by atoms with Gasteiger partial charge in [0, 0.05) is 0 Å². The van der Waals surface area contributed by atoms with Crippen LogP contribution in [0.15, 0.2) is 24.3 Å². The van der Waals surface area contributed by atoms with E-state index in [4.69, 9.17) is 10.5 Å². The first-order valence-corrected chi connectivity index (χ1v) is 7.67. The molecular formula is C17H28N2O2. The van der Waals surface area contributed by atoms with E-state index in [1.54, 1.807) is 0 Å². The van der Waals surface area contributed by atoms with Gasteiger partial charge in [-0.05, 0) is 43.9 Å². The average molecular weight is 292 g/mol. The zero-order valence-electron chi connectivity index (χ0n) is 13.6. The van der Waals surface area contributed by atoms with Crippen molar-refractivity contribution in [3.05, 3.63) is 29.8 Å². The molecule has 21 heavy (non-hydrogen) atoms. The minimum Gasteiger partial charge on any atom is -0.493 e. The molecule has 0 radical (unpaired) electrons. The number of benzene rings is 1. The molecule has 1 aromatic rings. The molecule has 118 valence electrons. The molecule has 1 atom stereocenters.